The van der Waals surface area contributed by atoms with Gasteiger partial charge in [0.15, 0.2) is 0 Å². The van der Waals surface area contributed by atoms with Crippen LogP contribution in [0, 0.1) is 11.8 Å². The molecule has 0 aromatic carbocycles. The smallest absolute Gasteiger partial charge is 0.341 e. The summed E-state index contributed by atoms with van der Waals surface area (Å²) in [7, 11) is 0. The molecule has 124 valence electrons. The van der Waals surface area contributed by atoms with Gasteiger partial charge in [-0.1, -0.05) is 12.2 Å². The van der Waals surface area contributed by atoms with Crippen molar-refractivity contribution in [1.82, 2.24) is 0 Å². The molecule has 1 heterocycles. The van der Waals surface area contributed by atoms with Crippen molar-refractivity contribution in [2.75, 3.05) is 5.32 Å². The minimum absolute atomic E-state index is 0.258. The summed E-state index contributed by atoms with van der Waals surface area (Å²) in [6.45, 7) is 3.49. The summed E-state index contributed by atoms with van der Waals surface area (Å²) < 4.78 is 5.13. The highest BCUT2D eigenvalue weighted by atomic mass is 32.1. The first kappa shape index (κ1) is 17.2. The van der Waals surface area contributed by atoms with Crippen molar-refractivity contribution in [2.24, 2.45) is 11.8 Å². The van der Waals surface area contributed by atoms with Crippen LogP contribution >= 0.6 is 11.3 Å². The Balaban J connectivity index is 2.12. The second-order valence-electron chi connectivity index (χ2n) is 5.60. The van der Waals surface area contributed by atoms with Crippen molar-refractivity contribution >= 4 is 34.2 Å². The third-order valence-electron chi connectivity index (χ3n) is 3.55. The lowest BCUT2D eigenvalue weighted by atomic mass is 9.82. The van der Waals surface area contributed by atoms with E-state index in [0.717, 1.165) is 0 Å². The zero-order chi connectivity index (χ0) is 17.0. The number of anilines is 1. The van der Waals surface area contributed by atoms with Crippen LogP contribution in [0.4, 0.5) is 5.00 Å². The molecule has 1 aromatic rings. The Morgan fingerprint density at radius 1 is 1.26 bits per heavy atom. The minimum Gasteiger partial charge on any atom is -0.481 e. The summed E-state index contributed by atoms with van der Waals surface area (Å²) in [5.41, 5.74) is 0.287. The lowest BCUT2D eigenvalue weighted by molar-refractivity contribution is -0.146. The zero-order valence-electron chi connectivity index (χ0n) is 12.9. The quantitative estimate of drug-likeness (QED) is 0.636. The molecule has 7 heteroatoms. The number of carboxylic acids is 1. The van der Waals surface area contributed by atoms with E-state index >= 15 is 0 Å². The van der Waals surface area contributed by atoms with E-state index in [-0.39, 0.29) is 17.6 Å². The van der Waals surface area contributed by atoms with Crippen molar-refractivity contribution in [2.45, 2.75) is 32.8 Å². The van der Waals surface area contributed by atoms with E-state index in [0.29, 0.717) is 17.8 Å². The third kappa shape index (κ3) is 4.19. The summed E-state index contributed by atoms with van der Waals surface area (Å²) >= 11 is 1.21. The highest BCUT2D eigenvalue weighted by molar-refractivity contribution is 7.14. The molecule has 2 atom stereocenters. The van der Waals surface area contributed by atoms with Gasteiger partial charge in [0, 0.05) is 0 Å². The monoisotopic (exact) mass is 337 g/mol. The number of rotatable bonds is 5. The van der Waals surface area contributed by atoms with Gasteiger partial charge in [-0.3, -0.25) is 9.59 Å². The van der Waals surface area contributed by atoms with Crippen molar-refractivity contribution in [3.05, 3.63) is 29.2 Å². The number of ether oxygens (including phenoxy) is 1. The number of carboxylic acid groups (broad SMARTS) is 1. The second-order valence-corrected chi connectivity index (χ2v) is 6.52. The maximum atomic E-state index is 12.4. The van der Waals surface area contributed by atoms with Crippen LogP contribution in [0.3, 0.4) is 0 Å². The molecule has 0 unspecified atom stereocenters. The fourth-order valence-electron chi connectivity index (χ4n) is 2.43. The van der Waals surface area contributed by atoms with Gasteiger partial charge in [0.25, 0.3) is 0 Å². The van der Waals surface area contributed by atoms with Crippen LogP contribution in [0.15, 0.2) is 23.6 Å². The van der Waals surface area contributed by atoms with Crippen molar-refractivity contribution < 1.29 is 24.2 Å². The van der Waals surface area contributed by atoms with E-state index in [1.165, 1.54) is 11.3 Å². The van der Waals surface area contributed by atoms with E-state index in [4.69, 9.17) is 4.74 Å². The standard InChI is InChI=1S/C16H19NO5S/c1-9(2)22-16(21)12-7-8-23-14(12)17-13(18)10-5-3-4-6-11(10)15(19)20/h3-4,7-11H,5-6H2,1-2H3,(H,17,18)(H,19,20)/t10-,11+/m1/s1. The molecule has 2 N–H and O–H groups in total. The molecular weight excluding hydrogens is 318 g/mol. The summed E-state index contributed by atoms with van der Waals surface area (Å²) in [4.78, 5) is 35.7. The molecule has 1 amide bonds. The molecule has 1 aliphatic rings. The summed E-state index contributed by atoms with van der Waals surface area (Å²) in [6.07, 6.45) is 4.04. The number of allylic oxidation sites excluding steroid dienone is 2. The number of aliphatic carboxylic acids is 1. The molecule has 6 nitrogen and oxygen atoms in total. The van der Waals surface area contributed by atoms with Crippen LogP contribution in [0.1, 0.15) is 37.0 Å². The number of hydrogen-bond acceptors (Lipinski definition) is 5. The maximum Gasteiger partial charge on any atom is 0.341 e. The van der Waals surface area contributed by atoms with Gasteiger partial charge in [0.2, 0.25) is 5.91 Å². The second kappa shape index (κ2) is 7.41. The lowest BCUT2D eigenvalue weighted by Crippen LogP contribution is -2.34. The highest BCUT2D eigenvalue weighted by Crippen LogP contribution is 2.30. The molecule has 2 rings (SSSR count). The van der Waals surface area contributed by atoms with Gasteiger partial charge in [-0.05, 0) is 38.1 Å². The largest absolute Gasteiger partial charge is 0.481 e. The Labute approximate surface area is 138 Å². The lowest BCUT2D eigenvalue weighted by Gasteiger charge is -2.24. The predicted molar refractivity (Wildman–Crippen MR) is 86.5 cm³/mol. The highest BCUT2D eigenvalue weighted by Gasteiger charge is 2.34. The van der Waals surface area contributed by atoms with Crippen molar-refractivity contribution in [1.29, 1.82) is 0 Å². The topological polar surface area (TPSA) is 92.7 Å². The number of nitrogens with one attached hydrogen (secondary N) is 1. The van der Waals surface area contributed by atoms with Crippen LogP contribution in [0.2, 0.25) is 0 Å². The number of amides is 1. The van der Waals surface area contributed by atoms with E-state index in [1.54, 1.807) is 31.4 Å². The molecule has 0 spiro atoms. The number of esters is 1. The maximum absolute atomic E-state index is 12.4. The van der Waals surface area contributed by atoms with Gasteiger partial charge < -0.3 is 15.2 Å². The van der Waals surface area contributed by atoms with Gasteiger partial charge in [0.05, 0.1) is 23.5 Å². The Morgan fingerprint density at radius 2 is 1.91 bits per heavy atom. The fourth-order valence-corrected chi connectivity index (χ4v) is 3.20. The Bertz CT molecular complexity index is 634. The Hall–Kier alpha value is -2.15. The number of thiophene rings is 1. The van der Waals surface area contributed by atoms with Gasteiger partial charge in [0.1, 0.15) is 5.00 Å². The Morgan fingerprint density at radius 3 is 2.52 bits per heavy atom. The molecule has 0 saturated heterocycles. The van der Waals surface area contributed by atoms with Crippen LogP contribution in [-0.2, 0) is 14.3 Å². The molecular formula is C16H19NO5S. The fraction of sp³-hybridized carbons (Fsp3) is 0.438. The van der Waals surface area contributed by atoms with Gasteiger partial charge >= 0.3 is 11.9 Å². The normalized spacial score (nSPS) is 20.3. The van der Waals surface area contributed by atoms with Crippen LogP contribution in [0.25, 0.3) is 0 Å². The number of hydrogen-bond donors (Lipinski definition) is 2. The summed E-state index contributed by atoms with van der Waals surface area (Å²) in [6, 6.07) is 1.58. The Kier molecular flexibility index (Phi) is 5.54. The molecule has 1 aliphatic carbocycles. The zero-order valence-corrected chi connectivity index (χ0v) is 13.8. The van der Waals surface area contributed by atoms with Gasteiger partial charge in [-0.2, -0.15) is 0 Å². The van der Waals surface area contributed by atoms with Crippen LogP contribution in [-0.4, -0.2) is 29.1 Å². The first-order valence-electron chi connectivity index (χ1n) is 7.37. The first-order chi connectivity index (χ1) is 10.9. The van der Waals surface area contributed by atoms with Gasteiger partial charge in [-0.15, -0.1) is 11.3 Å². The average Bonchev–Trinajstić information content (AvgIpc) is 2.94. The SMILES string of the molecule is CC(C)OC(=O)c1ccsc1NC(=O)[C@@H]1CC=CC[C@@H]1C(=O)O. The van der Waals surface area contributed by atoms with Gasteiger partial charge in [-0.25, -0.2) is 4.79 Å². The minimum atomic E-state index is -0.986. The number of carbonyl (C=O) groups is 3. The van der Waals surface area contributed by atoms with Crippen LogP contribution in [0.5, 0.6) is 0 Å². The van der Waals surface area contributed by atoms with E-state index in [9.17, 15) is 19.5 Å². The van der Waals surface area contributed by atoms with Crippen molar-refractivity contribution in [3.63, 3.8) is 0 Å². The molecule has 1 aromatic heterocycles. The van der Waals surface area contributed by atoms with Crippen molar-refractivity contribution in [3.8, 4) is 0 Å². The van der Waals surface area contributed by atoms with E-state index < -0.39 is 23.8 Å². The molecule has 0 aliphatic heterocycles. The first-order valence-corrected chi connectivity index (χ1v) is 8.25. The third-order valence-corrected chi connectivity index (χ3v) is 4.38. The van der Waals surface area contributed by atoms with Crippen LogP contribution < -0.4 is 5.32 Å². The molecule has 0 fully saturated rings. The summed E-state index contributed by atoms with van der Waals surface area (Å²) in [5.74, 6) is -3.27. The molecule has 0 saturated carbocycles. The average molecular weight is 337 g/mol. The molecule has 23 heavy (non-hydrogen) atoms. The predicted octanol–water partition coefficient (Wildman–Crippen LogP) is 2.92. The number of carbonyl (C=O) groups excluding carboxylic acids is 2. The van der Waals surface area contributed by atoms with E-state index in [1.807, 2.05) is 6.08 Å². The summed E-state index contributed by atoms with van der Waals surface area (Å²) in [5, 5.41) is 14.0. The molecule has 0 bridgehead atoms. The van der Waals surface area contributed by atoms with E-state index in [2.05, 4.69) is 5.32 Å². The molecule has 0 radical (unpaired) electrons.